The molecule has 8 heteroatoms. The van der Waals surface area contributed by atoms with Crippen molar-refractivity contribution in [2.24, 2.45) is 0 Å². The van der Waals surface area contributed by atoms with Crippen molar-refractivity contribution in [3.8, 4) is 0 Å². The largest absolute Gasteiger partial charge is 0.478 e. The lowest BCUT2D eigenvalue weighted by Crippen LogP contribution is -2.30. The van der Waals surface area contributed by atoms with Crippen LogP contribution in [0, 0.1) is 5.82 Å². The van der Waals surface area contributed by atoms with Crippen LogP contribution in [0.5, 0.6) is 0 Å². The van der Waals surface area contributed by atoms with Gasteiger partial charge in [0.05, 0.1) is 15.5 Å². The zero-order valence-corrected chi connectivity index (χ0v) is 11.9. The summed E-state index contributed by atoms with van der Waals surface area (Å²) in [4.78, 5) is 10.5. The Labute approximate surface area is 115 Å². The van der Waals surface area contributed by atoms with Crippen LogP contribution >= 0.6 is 11.6 Å². The van der Waals surface area contributed by atoms with E-state index in [0.29, 0.717) is 0 Å². The Morgan fingerprint density at radius 3 is 2.32 bits per heavy atom. The number of carboxylic acid groups (broad SMARTS) is 1. The Morgan fingerprint density at radius 1 is 1.37 bits per heavy atom. The minimum Gasteiger partial charge on any atom is -0.478 e. The summed E-state index contributed by atoms with van der Waals surface area (Å²) < 4.78 is 38.9. The summed E-state index contributed by atoms with van der Waals surface area (Å²) >= 11 is 5.49. The standard InChI is InChI=1S/C11H13ClFNO4S/c1-3-14(4-2)19(17,18)7-5-8(11(15)16)10(12)9(13)6-7/h5-6H,3-4H2,1-2H3,(H,15,16). The van der Waals surface area contributed by atoms with E-state index in [-0.39, 0.29) is 13.1 Å². The first kappa shape index (κ1) is 15.9. The number of sulfonamides is 1. The number of rotatable bonds is 5. The summed E-state index contributed by atoms with van der Waals surface area (Å²) in [5.74, 6) is -2.56. The van der Waals surface area contributed by atoms with E-state index in [4.69, 9.17) is 16.7 Å². The minimum atomic E-state index is -3.93. The molecule has 0 amide bonds. The fraction of sp³-hybridized carbons (Fsp3) is 0.364. The number of benzene rings is 1. The second-order valence-electron chi connectivity index (χ2n) is 3.66. The van der Waals surface area contributed by atoms with Gasteiger partial charge in [0.25, 0.3) is 0 Å². The fourth-order valence-corrected chi connectivity index (χ4v) is 3.27. The quantitative estimate of drug-likeness (QED) is 0.905. The molecule has 19 heavy (non-hydrogen) atoms. The van der Waals surface area contributed by atoms with Crippen molar-refractivity contribution >= 4 is 27.6 Å². The Hall–Kier alpha value is -1.18. The predicted octanol–water partition coefficient (Wildman–Crippen LogP) is 2.21. The molecule has 0 atom stereocenters. The molecule has 0 heterocycles. The van der Waals surface area contributed by atoms with E-state index in [0.717, 1.165) is 16.4 Å². The van der Waals surface area contributed by atoms with Crippen molar-refractivity contribution in [3.63, 3.8) is 0 Å². The lowest BCUT2D eigenvalue weighted by molar-refractivity contribution is 0.0696. The Morgan fingerprint density at radius 2 is 1.89 bits per heavy atom. The van der Waals surface area contributed by atoms with E-state index in [1.165, 1.54) is 0 Å². The van der Waals surface area contributed by atoms with Gasteiger partial charge in [0.2, 0.25) is 10.0 Å². The SMILES string of the molecule is CCN(CC)S(=O)(=O)c1cc(F)c(Cl)c(C(=O)O)c1. The van der Waals surface area contributed by atoms with Gasteiger partial charge in [-0.1, -0.05) is 25.4 Å². The summed E-state index contributed by atoms with van der Waals surface area (Å²) in [6, 6.07) is 1.59. The van der Waals surface area contributed by atoms with Gasteiger partial charge in [-0.25, -0.2) is 17.6 Å². The number of carboxylic acids is 1. The van der Waals surface area contributed by atoms with E-state index < -0.39 is 37.3 Å². The van der Waals surface area contributed by atoms with Gasteiger partial charge in [0, 0.05) is 13.1 Å². The summed E-state index contributed by atoms with van der Waals surface area (Å²) in [7, 11) is -3.93. The highest BCUT2D eigenvalue weighted by molar-refractivity contribution is 7.89. The molecular formula is C11H13ClFNO4S. The van der Waals surface area contributed by atoms with Crippen LogP contribution in [0.4, 0.5) is 4.39 Å². The highest BCUT2D eigenvalue weighted by Crippen LogP contribution is 2.26. The van der Waals surface area contributed by atoms with Crippen LogP contribution < -0.4 is 0 Å². The van der Waals surface area contributed by atoms with Gasteiger partial charge in [-0.05, 0) is 12.1 Å². The zero-order valence-electron chi connectivity index (χ0n) is 10.4. The molecule has 106 valence electrons. The van der Waals surface area contributed by atoms with Crippen molar-refractivity contribution < 1.29 is 22.7 Å². The summed E-state index contributed by atoms with van der Waals surface area (Å²) in [5.41, 5.74) is -0.576. The van der Waals surface area contributed by atoms with Crippen LogP contribution in [0.25, 0.3) is 0 Å². The summed E-state index contributed by atoms with van der Waals surface area (Å²) in [6.45, 7) is 3.66. The second kappa shape index (κ2) is 5.85. The first-order valence-electron chi connectivity index (χ1n) is 5.48. The smallest absolute Gasteiger partial charge is 0.337 e. The van der Waals surface area contributed by atoms with Crippen molar-refractivity contribution in [2.45, 2.75) is 18.7 Å². The molecule has 1 aromatic rings. The van der Waals surface area contributed by atoms with E-state index >= 15 is 0 Å². The first-order valence-corrected chi connectivity index (χ1v) is 7.30. The molecule has 1 aromatic carbocycles. The number of aromatic carboxylic acids is 1. The lowest BCUT2D eigenvalue weighted by atomic mass is 10.2. The van der Waals surface area contributed by atoms with Gasteiger partial charge in [-0.3, -0.25) is 0 Å². The van der Waals surface area contributed by atoms with Crippen LogP contribution in [0.15, 0.2) is 17.0 Å². The molecule has 0 unspecified atom stereocenters. The molecule has 1 rings (SSSR count). The second-order valence-corrected chi connectivity index (χ2v) is 5.98. The molecule has 0 saturated carbocycles. The third-order valence-electron chi connectivity index (χ3n) is 2.58. The zero-order chi connectivity index (χ0) is 14.8. The van der Waals surface area contributed by atoms with Gasteiger partial charge in [0.1, 0.15) is 5.82 Å². The van der Waals surface area contributed by atoms with Crippen molar-refractivity contribution in [1.29, 1.82) is 0 Å². The average Bonchev–Trinajstić information content (AvgIpc) is 2.33. The fourth-order valence-electron chi connectivity index (χ4n) is 1.58. The number of carbonyl (C=O) groups is 1. The monoisotopic (exact) mass is 309 g/mol. The number of nitrogens with zero attached hydrogens (tertiary/aromatic N) is 1. The molecule has 0 aliphatic carbocycles. The molecule has 0 spiro atoms. The average molecular weight is 310 g/mol. The minimum absolute atomic E-state index is 0.200. The topological polar surface area (TPSA) is 74.7 Å². The lowest BCUT2D eigenvalue weighted by Gasteiger charge is -2.18. The highest BCUT2D eigenvalue weighted by atomic mass is 35.5. The Bertz CT molecular complexity index is 599. The molecule has 1 N–H and O–H groups in total. The van der Waals surface area contributed by atoms with Crippen LogP contribution in [0.2, 0.25) is 5.02 Å². The van der Waals surface area contributed by atoms with E-state index in [1.54, 1.807) is 13.8 Å². The first-order chi connectivity index (χ1) is 8.75. The number of halogens is 2. The van der Waals surface area contributed by atoms with Crippen LogP contribution in [0.3, 0.4) is 0 Å². The molecule has 0 aliphatic rings. The summed E-state index contributed by atoms with van der Waals surface area (Å²) in [5, 5.41) is 8.27. The number of hydrogen-bond donors (Lipinski definition) is 1. The molecule has 5 nitrogen and oxygen atoms in total. The third-order valence-corrected chi connectivity index (χ3v) is 4.99. The molecule has 0 fully saturated rings. The molecule has 0 radical (unpaired) electrons. The molecule has 0 aromatic heterocycles. The van der Waals surface area contributed by atoms with E-state index in [9.17, 15) is 17.6 Å². The Balaban J connectivity index is 3.49. The van der Waals surface area contributed by atoms with Gasteiger partial charge in [-0.2, -0.15) is 4.31 Å². The van der Waals surface area contributed by atoms with Gasteiger partial charge in [0.15, 0.2) is 0 Å². The van der Waals surface area contributed by atoms with E-state index in [2.05, 4.69) is 0 Å². The van der Waals surface area contributed by atoms with Crippen molar-refractivity contribution in [1.82, 2.24) is 4.31 Å². The van der Waals surface area contributed by atoms with Crippen LogP contribution in [0.1, 0.15) is 24.2 Å². The Kier molecular flexibility index (Phi) is 4.89. The van der Waals surface area contributed by atoms with Gasteiger partial charge >= 0.3 is 5.97 Å². The van der Waals surface area contributed by atoms with Crippen molar-refractivity contribution in [3.05, 3.63) is 28.5 Å². The van der Waals surface area contributed by atoms with Gasteiger partial charge in [-0.15, -0.1) is 0 Å². The molecule has 0 bridgehead atoms. The predicted molar refractivity (Wildman–Crippen MR) is 68.5 cm³/mol. The van der Waals surface area contributed by atoms with Crippen LogP contribution in [-0.2, 0) is 10.0 Å². The van der Waals surface area contributed by atoms with Gasteiger partial charge < -0.3 is 5.11 Å². The maximum Gasteiger partial charge on any atom is 0.337 e. The van der Waals surface area contributed by atoms with Crippen LogP contribution in [-0.4, -0.2) is 36.9 Å². The number of hydrogen-bond acceptors (Lipinski definition) is 3. The maximum absolute atomic E-state index is 13.5. The molecule has 0 saturated heterocycles. The summed E-state index contributed by atoms with van der Waals surface area (Å²) in [6.07, 6.45) is 0. The maximum atomic E-state index is 13.5. The molecular weight excluding hydrogens is 297 g/mol. The third kappa shape index (κ3) is 3.05. The normalized spacial score (nSPS) is 11.8. The molecule has 0 aliphatic heterocycles. The van der Waals surface area contributed by atoms with E-state index in [1.807, 2.05) is 0 Å². The van der Waals surface area contributed by atoms with Crippen molar-refractivity contribution in [2.75, 3.05) is 13.1 Å². The highest BCUT2D eigenvalue weighted by Gasteiger charge is 2.25.